The molecule has 7 heteroatoms. The van der Waals surface area contributed by atoms with Crippen LogP contribution in [0.3, 0.4) is 0 Å². The summed E-state index contributed by atoms with van der Waals surface area (Å²) >= 11 is 1.53. The van der Waals surface area contributed by atoms with Gasteiger partial charge >= 0.3 is 0 Å². The summed E-state index contributed by atoms with van der Waals surface area (Å²) in [5.41, 5.74) is 2.32. The molecule has 6 nitrogen and oxygen atoms in total. The molecule has 0 unspecified atom stereocenters. The summed E-state index contributed by atoms with van der Waals surface area (Å²) in [5.74, 6) is -0.569. The standard InChI is InChI=1S/C20H18N2O4S/c1-2-15(23)20(25)22-7-8-26-18-13(11-22)9-12(10-16(18)24)19-21-14-5-3-4-6-17(14)27-19/h3-6,9-10,24H,2,7-8,11H2,1H3. The van der Waals surface area contributed by atoms with Crippen LogP contribution >= 0.6 is 11.3 Å². The monoisotopic (exact) mass is 382 g/mol. The Hall–Kier alpha value is -2.93. The van der Waals surface area contributed by atoms with E-state index < -0.39 is 11.7 Å². The third-order valence-electron chi connectivity index (χ3n) is 4.50. The number of rotatable bonds is 3. The number of hydrogen-bond acceptors (Lipinski definition) is 6. The van der Waals surface area contributed by atoms with Gasteiger partial charge < -0.3 is 14.7 Å². The maximum Gasteiger partial charge on any atom is 0.290 e. The van der Waals surface area contributed by atoms with Crippen molar-refractivity contribution in [3.05, 3.63) is 42.0 Å². The van der Waals surface area contributed by atoms with Crippen molar-refractivity contribution >= 4 is 33.2 Å². The Labute approximate surface area is 160 Å². The summed E-state index contributed by atoms with van der Waals surface area (Å²) in [7, 11) is 0. The average Bonchev–Trinajstić information content (AvgIpc) is 2.99. The number of phenols is 1. The molecule has 0 fully saturated rings. The molecule has 138 valence electrons. The van der Waals surface area contributed by atoms with Gasteiger partial charge in [0.05, 0.1) is 23.3 Å². The van der Waals surface area contributed by atoms with Crippen molar-refractivity contribution in [1.82, 2.24) is 9.88 Å². The Kier molecular flexibility index (Phi) is 4.53. The third kappa shape index (κ3) is 3.26. The van der Waals surface area contributed by atoms with Crippen LogP contribution in [0.15, 0.2) is 36.4 Å². The van der Waals surface area contributed by atoms with E-state index in [0.717, 1.165) is 20.8 Å². The molecule has 2 heterocycles. The summed E-state index contributed by atoms with van der Waals surface area (Å²) < 4.78 is 6.71. The molecule has 1 aliphatic heterocycles. The molecule has 0 aliphatic carbocycles. The first-order valence-corrected chi connectivity index (χ1v) is 9.55. The van der Waals surface area contributed by atoms with E-state index in [0.29, 0.717) is 17.9 Å². The molecule has 0 spiro atoms. The molecule has 0 saturated heterocycles. The van der Waals surface area contributed by atoms with Crippen molar-refractivity contribution in [1.29, 1.82) is 0 Å². The van der Waals surface area contributed by atoms with Gasteiger partial charge in [0.25, 0.3) is 5.91 Å². The number of carbonyl (C=O) groups is 2. The molecule has 1 aromatic heterocycles. The summed E-state index contributed by atoms with van der Waals surface area (Å²) in [6.45, 7) is 2.41. The van der Waals surface area contributed by atoms with Gasteiger partial charge in [0, 0.05) is 17.5 Å². The fraction of sp³-hybridized carbons (Fsp3) is 0.250. The lowest BCUT2D eigenvalue weighted by atomic mass is 10.1. The van der Waals surface area contributed by atoms with E-state index in [4.69, 9.17) is 4.74 Å². The minimum Gasteiger partial charge on any atom is -0.504 e. The number of carbonyl (C=O) groups excluding carboxylic acids is 2. The van der Waals surface area contributed by atoms with E-state index in [9.17, 15) is 14.7 Å². The first kappa shape index (κ1) is 17.5. The summed E-state index contributed by atoms with van der Waals surface area (Å²) in [6.07, 6.45) is 0.167. The van der Waals surface area contributed by atoms with Crippen LogP contribution in [0.25, 0.3) is 20.8 Å². The lowest BCUT2D eigenvalue weighted by molar-refractivity contribution is -0.145. The van der Waals surface area contributed by atoms with E-state index in [1.54, 1.807) is 13.0 Å². The highest BCUT2D eigenvalue weighted by Gasteiger charge is 2.26. The molecule has 1 N–H and O–H groups in total. The van der Waals surface area contributed by atoms with Gasteiger partial charge in [-0.3, -0.25) is 9.59 Å². The predicted octanol–water partition coefficient (Wildman–Crippen LogP) is 3.37. The molecule has 0 saturated carbocycles. The molecular weight excluding hydrogens is 364 g/mol. The molecule has 3 aromatic rings. The van der Waals surface area contributed by atoms with Gasteiger partial charge in [0.1, 0.15) is 11.6 Å². The first-order valence-electron chi connectivity index (χ1n) is 8.73. The lowest BCUT2D eigenvalue weighted by Crippen LogP contribution is -2.37. The summed E-state index contributed by atoms with van der Waals surface area (Å²) in [5, 5.41) is 11.2. The van der Waals surface area contributed by atoms with Gasteiger partial charge in [-0.15, -0.1) is 11.3 Å². The van der Waals surface area contributed by atoms with Crippen LogP contribution in [0.4, 0.5) is 0 Å². The van der Waals surface area contributed by atoms with Gasteiger partial charge in [-0.05, 0) is 24.3 Å². The highest BCUT2D eigenvalue weighted by Crippen LogP contribution is 2.39. The SMILES string of the molecule is CCC(=O)C(=O)N1CCOc2c(O)cc(-c3nc4ccccc4s3)cc2C1. The van der Waals surface area contributed by atoms with Crippen LogP contribution < -0.4 is 4.74 Å². The molecular formula is C20H18N2O4S. The Balaban J connectivity index is 1.73. The largest absolute Gasteiger partial charge is 0.504 e. The number of benzene rings is 2. The fourth-order valence-electron chi connectivity index (χ4n) is 3.12. The smallest absolute Gasteiger partial charge is 0.290 e. The van der Waals surface area contributed by atoms with Crippen LogP contribution in [0.5, 0.6) is 11.5 Å². The number of hydrogen-bond donors (Lipinski definition) is 1. The average molecular weight is 382 g/mol. The topological polar surface area (TPSA) is 79.7 Å². The zero-order valence-electron chi connectivity index (χ0n) is 14.8. The molecule has 27 heavy (non-hydrogen) atoms. The number of amides is 1. The highest BCUT2D eigenvalue weighted by molar-refractivity contribution is 7.21. The van der Waals surface area contributed by atoms with E-state index in [1.165, 1.54) is 16.2 Å². The number of nitrogens with zero attached hydrogens (tertiary/aromatic N) is 2. The van der Waals surface area contributed by atoms with Gasteiger partial charge in [0.2, 0.25) is 5.78 Å². The Morgan fingerprint density at radius 3 is 2.89 bits per heavy atom. The van der Waals surface area contributed by atoms with Gasteiger partial charge in [0.15, 0.2) is 11.5 Å². The highest BCUT2D eigenvalue weighted by atomic mass is 32.1. The van der Waals surface area contributed by atoms with Crippen LogP contribution in [-0.4, -0.2) is 39.8 Å². The van der Waals surface area contributed by atoms with Gasteiger partial charge in [-0.2, -0.15) is 0 Å². The number of para-hydroxylation sites is 1. The number of phenolic OH excluding ortho intramolecular Hbond substituents is 1. The number of ether oxygens (including phenoxy) is 1. The summed E-state index contributed by atoms with van der Waals surface area (Å²) in [4.78, 5) is 30.2. The second kappa shape index (κ2) is 7.00. The lowest BCUT2D eigenvalue weighted by Gasteiger charge is -2.18. The van der Waals surface area contributed by atoms with Crippen molar-refractivity contribution in [3.63, 3.8) is 0 Å². The number of fused-ring (bicyclic) bond motifs is 2. The zero-order chi connectivity index (χ0) is 19.0. The maximum atomic E-state index is 12.3. The molecule has 1 amide bonds. The second-order valence-electron chi connectivity index (χ2n) is 6.32. The molecule has 4 rings (SSSR count). The molecule has 0 radical (unpaired) electrons. The maximum absolute atomic E-state index is 12.3. The Morgan fingerprint density at radius 2 is 2.11 bits per heavy atom. The van der Waals surface area contributed by atoms with E-state index in [2.05, 4.69) is 4.98 Å². The fourth-order valence-corrected chi connectivity index (χ4v) is 4.07. The number of ketones is 1. The van der Waals surface area contributed by atoms with E-state index >= 15 is 0 Å². The molecule has 0 atom stereocenters. The van der Waals surface area contributed by atoms with E-state index in [1.807, 2.05) is 30.3 Å². The summed E-state index contributed by atoms with van der Waals surface area (Å²) in [6, 6.07) is 11.3. The normalized spacial score (nSPS) is 13.7. The van der Waals surface area contributed by atoms with Crippen LogP contribution in [0.1, 0.15) is 18.9 Å². The minimum absolute atomic E-state index is 0.0119. The predicted molar refractivity (Wildman–Crippen MR) is 103 cm³/mol. The van der Waals surface area contributed by atoms with Crippen molar-refractivity contribution in [3.8, 4) is 22.1 Å². The third-order valence-corrected chi connectivity index (χ3v) is 5.59. The number of aromatic nitrogens is 1. The van der Waals surface area contributed by atoms with Crippen LogP contribution in [-0.2, 0) is 16.1 Å². The number of thiazole rings is 1. The van der Waals surface area contributed by atoms with Crippen LogP contribution in [0.2, 0.25) is 0 Å². The van der Waals surface area contributed by atoms with E-state index in [-0.39, 0.29) is 25.3 Å². The molecule has 2 aromatic carbocycles. The van der Waals surface area contributed by atoms with Crippen molar-refractivity contribution in [2.45, 2.75) is 19.9 Å². The van der Waals surface area contributed by atoms with Gasteiger partial charge in [-0.25, -0.2) is 4.98 Å². The van der Waals surface area contributed by atoms with Crippen LogP contribution in [0, 0.1) is 0 Å². The first-order chi connectivity index (χ1) is 13.1. The molecule has 1 aliphatic rings. The van der Waals surface area contributed by atoms with Crippen molar-refractivity contribution < 1.29 is 19.4 Å². The zero-order valence-corrected chi connectivity index (χ0v) is 15.6. The Bertz CT molecular complexity index is 1010. The number of aromatic hydroxyl groups is 1. The minimum atomic E-state index is -0.515. The van der Waals surface area contributed by atoms with Crippen molar-refractivity contribution in [2.75, 3.05) is 13.2 Å². The molecule has 0 bridgehead atoms. The van der Waals surface area contributed by atoms with Gasteiger partial charge in [-0.1, -0.05) is 19.1 Å². The second-order valence-corrected chi connectivity index (χ2v) is 7.35. The van der Waals surface area contributed by atoms with Crippen molar-refractivity contribution in [2.24, 2.45) is 0 Å². The quantitative estimate of drug-likeness (QED) is 0.703. The Morgan fingerprint density at radius 1 is 1.30 bits per heavy atom. The number of Topliss-reactive ketones (excluding diaryl/α,β-unsaturated/α-hetero) is 1.